The van der Waals surface area contributed by atoms with Crippen molar-refractivity contribution in [3.8, 4) is 0 Å². The molecule has 0 aliphatic carbocycles. The third-order valence-corrected chi connectivity index (χ3v) is 3.57. The highest BCUT2D eigenvalue weighted by molar-refractivity contribution is 5.68. The molecule has 1 aromatic heterocycles. The van der Waals surface area contributed by atoms with Crippen LogP contribution in [-0.4, -0.2) is 45.8 Å². The van der Waals surface area contributed by atoms with Gasteiger partial charge >= 0.3 is 12.3 Å². The van der Waals surface area contributed by atoms with Gasteiger partial charge < -0.3 is 14.6 Å². The van der Waals surface area contributed by atoms with Crippen LogP contribution in [-0.2, 0) is 11.2 Å². The van der Waals surface area contributed by atoms with Gasteiger partial charge in [-0.25, -0.2) is 9.78 Å². The molecule has 0 aromatic carbocycles. The van der Waals surface area contributed by atoms with E-state index in [1.54, 1.807) is 4.90 Å². The maximum atomic E-state index is 12.4. The first kappa shape index (κ1) is 17.6. The van der Waals surface area contributed by atoms with Gasteiger partial charge in [0.2, 0.25) is 0 Å². The number of rotatable bonds is 2. The molecule has 0 unspecified atom stereocenters. The number of carbonyl (C=O) groups excluding carboxylic acids is 1. The van der Waals surface area contributed by atoms with Crippen molar-refractivity contribution < 1.29 is 22.7 Å². The van der Waals surface area contributed by atoms with Crippen LogP contribution in [0.2, 0.25) is 0 Å². The van der Waals surface area contributed by atoms with Crippen LogP contribution < -0.4 is 0 Å². The minimum Gasteiger partial charge on any atom is -0.444 e. The van der Waals surface area contributed by atoms with E-state index in [-0.39, 0.29) is 17.7 Å². The number of aromatic nitrogens is 2. The minimum absolute atomic E-state index is 0.0377. The second-order valence-corrected chi connectivity index (χ2v) is 6.83. The van der Waals surface area contributed by atoms with Crippen LogP contribution in [0.5, 0.6) is 0 Å². The summed E-state index contributed by atoms with van der Waals surface area (Å²) in [5.41, 5.74) is -0.469. The Morgan fingerprint density at radius 2 is 1.96 bits per heavy atom. The smallest absolute Gasteiger partial charge is 0.410 e. The fraction of sp³-hybridized carbons (Fsp3) is 0.733. The molecule has 130 valence electrons. The van der Waals surface area contributed by atoms with Crippen molar-refractivity contribution in [3.05, 3.63) is 17.7 Å². The quantitative estimate of drug-likeness (QED) is 0.899. The molecule has 2 rings (SSSR count). The molecular weight excluding hydrogens is 311 g/mol. The molecule has 1 N–H and O–H groups in total. The average molecular weight is 333 g/mol. The molecule has 0 radical (unpaired) electrons. The summed E-state index contributed by atoms with van der Waals surface area (Å²) in [4.78, 5) is 20.4. The summed E-state index contributed by atoms with van der Waals surface area (Å²) >= 11 is 0. The Morgan fingerprint density at radius 3 is 2.48 bits per heavy atom. The van der Waals surface area contributed by atoms with Crippen LogP contribution in [0.25, 0.3) is 0 Å². The maximum absolute atomic E-state index is 12.4. The van der Waals surface area contributed by atoms with Crippen molar-refractivity contribution >= 4 is 6.09 Å². The van der Waals surface area contributed by atoms with E-state index in [0.29, 0.717) is 31.8 Å². The molecular formula is C15H22F3N3O2. The lowest BCUT2D eigenvalue weighted by Crippen LogP contribution is -2.41. The van der Waals surface area contributed by atoms with Gasteiger partial charge in [0.05, 0.1) is 6.42 Å². The summed E-state index contributed by atoms with van der Waals surface area (Å²) in [7, 11) is 0. The number of alkyl halides is 3. The Kier molecular flexibility index (Phi) is 4.91. The Balaban J connectivity index is 1.88. The standard InChI is InChI=1S/C15H22F3N3O2/c1-14(2,3)23-13(22)21-6-4-10(5-7-21)12-19-9-11(20-12)8-15(16,17)18/h9-10H,4-8H2,1-3H3,(H,19,20). The number of nitrogens with zero attached hydrogens (tertiary/aromatic N) is 2. The Morgan fingerprint density at radius 1 is 1.35 bits per heavy atom. The van der Waals surface area contributed by atoms with Crippen LogP contribution in [0.15, 0.2) is 6.20 Å². The van der Waals surface area contributed by atoms with Gasteiger partial charge in [0, 0.05) is 30.9 Å². The molecule has 23 heavy (non-hydrogen) atoms. The molecule has 1 aliphatic rings. The van der Waals surface area contributed by atoms with Crippen molar-refractivity contribution in [2.45, 2.75) is 57.7 Å². The Hall–Kier alpha value is -1.73. The largest absolute Gasteiger partial charge is 0.444 e. The molecule has 5 nitrogen and oxygen atoms in total. The number of halogens is 3. The van der Waals surface area contributed by atoms with E-state index in [9.17, 15) is 18.0 Å². The summed E-state index contributed by atoms with van der Waals surface area (Å²) in [6.07, 6.45) is -3.06. The third kappa shape index (κ3) is 5.44. The number of H-pyrrole nitrogens is 1. The van der Waals surface area contributed by atoms with E-state index in [1.165, 1.54) is 6.20 Å². The van der Waals surface area contributed by atoms with E-state index < -0.39 is 18.2 Å². The zero-order chi connectivity index (χ0) is 17.3. The number of hydrogen-bond acceptors (Lipinski definition) is 3. The molecule has 0 bridgehead atoms. The minimum atomic E-state index is -4.25. The fourth-order valence-electron chi connectivity index (χ4n) is 2.55. The first-order valence-electron chi connectivity index (χ1n) is 7.62. The number of piperidine rings is 1. The van der Waals surface area contributed by atoms with Gasteiger partial charge in [0.15, 0.2) is 0 Å². The summed E-state index contributed by atoms with van der Waals surface area (Å²) < 4.78 is 42.4. The molecule has 8 heteroatoms. The van der Waals surface area contributed by atoms with Crippen LogP contribution in [0.1, 0.15) is 51.0 Å². The van der Waals surface area contributed by atoms with E-state index in [1.807, 2.05) is 20.8 Å². The first-order chi connectivity index (χ1) is 10.5. The first-order valence-corrected chi connectivity index (χ1v) is 7.62. The number of hydrogen-bond donors (Lipinski definition) is 1. The monoisotopic (exact) mass is 333 g/mol. The normalized spacial score (nSPS) is 17.4. The van der Waals surface area contributed by atoms with Gasteiger partial charge in [-0.2, -0.15) is 13.2 Å². The summed E-state index contributed by atoms with van der Waals surface area (Å²) in [5.74, 6) is 0.601. The number of carbonyl (C=O) groups is 1. The van der Waals surface area contributed by atoms with Crippen LogP contribution in [0.4, 0.5) is 18.0 Å². The molecule has 0 spiro atoms. The highest BCUT2D eigenvalue weighted by Gasteiger charge is 2.31. The average Bonchev–Trinajstić information content (AvgIpc) is 2.83. The molecule has 1 aromatic rings. The molecule has 1 fully saturated rings. The molecule has 1 saturated heterocycles. The molecule has 0 atom stereocenters. The van der Waals surface area contributed by atoms with E-state index >= 15 is 0 Å². The molecule has 1 aliphatic heterocycles. The van der Waals surface area contributed by atoms with E-state index in [4.69, 9.17) is 4.74 Å². The number of nitrogens with one attached hydrogen (secondary N) is 1. The maximum Gasteiger partial charge on any atom is 0.410 e. The van der Waals surface area contributed by atoms with Crippen molar-refractivity contribution in [2.75, 3.05) is 13.1 Å². The second-order valence-electron chi connectivity index (χ2n) is 6.83. The molecule has 1 amide bonds. The molecule has 2 heterocycles. The molecule has 0 saturated carbocycles. The number of likely N-dealkylation sites (tertiary alicyclic amines) is 1. The van der Waals surface area contributed by atoms with Crippen LogP contribution >= 0.6 is 0 Å². The van der Waals surface area contributed by atoms with Gasteiger partial charge in [-0.3, -0.25) is 0 Å². The summed E-state index contributed by atoms with van der Waals surface area (Å²) in [5, 5.41) is 0. The van der Waals surface area contributed by atoms with Crippen LogP contribution in [0.3, 0.4) is 0 Å². The Labute approximate surface area is 133 Å². The lowest BCUT2D eigenvalue weighted by Gasteiger charge is -2.32. The topological polar surface area (TPSA) is 58.2 Å². The fourth-order valence-corrected chi connectivity index (χ4v) is 2.55. The predicted molar refractivity (Wildman–Crippen MR) is 78.1 cm³/mol. The van der Waals surface area contributed by atoms with Crippen LogP contribution in [0, 0.1) is 0 Å². The summed E-state index contributed by atoms with van der Waals surface area (Å²) in [6.45, 7) is 6.44. The van der Waals surface area contributed by atoms with Crippen molar-refractivity contribution in [1.82, 2.24) is 14.9 Å². The lowest BCUT2D eigenvalue weighted by molar-refractivity contribution is -0.127. The van der Waals surface area contributed by atoms with Gasteiger partial charge in [-0.05, 0) is 33.6 Å². The highest BCUT2D eigenvalue weighted by Crippen LogP contribution is 2.28. The second kappa shape index (κ2) is 6.41. The van der Waals surface area contributed by atoms with Crippen molar-refractivity contribution in [1.29, 1.82) is 0 Å². The number of aromatic amines is 1. The van der Waals surface area contributed by atoms with E-state index in [0.717, 1.165) is 0 Å². The zero-order valence-electron chi connectivity index (χ0n) is 13.5. The zero-order valence-corrected chi connectivity index (χ0v) is 13.5. The van der Waals surface area contributed by atoms with Gasteiger partial charge in [-0.1, -0.05) is 0 Å². The van der Waals surface area contributed by atoms with Crippen molar-refractivity contribution in [3.63, 3.8) is 0 Å². The number of amides is 1. The van der Waals surface area contributed by atoms with Gasteiger partial charge in [-0.15, -0.1) is 0 Å². The summed E-state index contributed by atoms with van der Waals surface area (Å²) in [6, 6.07) is 0. The van der Waals surface area contributed by atoms with Crippen molar-refractivity contribution in [2.24, 2.45) is 0 Å². The van der Waals surface area contributed by atoms with Gasteiger partial charge in [0.1, 0.15) is 11.4 Å². The number of ether oxygens (including phenoxy) is 1. The Bertz CT molecular complexity index is 541. The highest BCUT2D eigenvalue weighted by atomic mass is 19.4. The predicted octanol–water partition coefficient (Wildman–Crippen LogP) is 3.63. The SMILES string of the molecule is CC(C)(C)OC(=O)N1CCC(c2ncc(CC(F)(F)F)[nH]2)CC1. The number of imidazole rings is 1. The van der Waals surface area contributed by atoms with Gasteiger partial charge in [0.25, 0.3) is 0 Å². The van der Waals surface area contributed by atoms with E-state index in [2.05, 4.69) is 9.97 Å². The third-order valence-electron chi connectivity index (χ3n) is 3.57. The lowest BCUT2D eigenvalue weighted by atomic mass is 9.96.